The van der Waals surface area contributed by atoms with Crippen LogP contribution in [0.2, 0.25) is 0 Å². The molecule has 5 nitrogen and oxygen atoms in total. The fourth-order valence-electron chi connectivity index (χ4n) is 1.68. The number of ether oxygens (including phenoxy) is 1. The van der Waals surface area contributed by atoms with Gasteiger partial charge in [-0.15, -0.1) is 0 Å². The van der Waals surface area contributed by atoms with Crippen molar-refractivity contribution >= 4 is 17.3 Å². The van der Waals surface area contributed by atoms with Crippen LogP contribution in [0.3, 0.4) is 0 Å². The second kappa shape index (κ2) is 8.64. The molecule has 0 unspecified atom stereocenters. The summed E-state index contributed by atoms with van der Waals surface area (Å²) in [6.45, 7) is 7.79. The fourth-order valence-corrected chi connectivity index (χ4v) is 1.74. The SMILES string of the molecule is C/C(=C\Cl)COc1ccc([N+](=O)[O-])cc1CNCC(C)C. The maximum Gasteiger partial charge on any atom is 0.270 e. The van der Waals surface area contributed by atoms with E-state index in [9.17, 15) is 10.1 Å². The van der Waals surface area contributed by atoms with E-state index in [0.29, 0.717) is 24.8 Å². The third kappa shape index (κ3) is 6.14. The molecule has 0 spiro atoms. The van der Waals surface area contributed by atoms with Gasteiger partial charge in [0, 0.05) is 29.8 Å². The number of nitrogens with one attached hydrogen (secondary N) is 1. The van der Waals surface area contributed by atoms with Crippen molar-refractivity contribution in [1.29, 1.82) is 0 Å². The van der Waals surface area contributed by atoms with Gasteiger partial charge in [0.1, 0.15) is 12.4 Å². The first-order chi connectivity index (χ1) is 9.93. The Balaban J connectivity index is 2.86. The van der Waals surface area contributed by atoms with Crippen LogP contribution >= 0.6 is 11.6 Å². The fraction of sp³-hybridized carbons (Fsp3) is 0.467. The molecule has 1 rings (SSSR count). The van der Waals surface area contributed by atoms with Gasteiger partial charge in [0.25, 0.3) is 5.69 Å². The van der Waals surface area contributed by atoms with Crippen LogP contribution in [0.5, 0.6) is 5.75 Å². The summed E-state index contributed by atoms with van der Waals surface area (Å²) in [7, 11) is 0. The Morgan fingerprint density at radius 2 is 2.24 bits per heavy atom. The molecule has 0 saturated carbocycles. The molecule has 1 N–H and O–H groups in total. The van der Waals surface area contributed by atoms with E-state index in [2.05, 4.69) is 19.2 Å². The Kier molecular flexibility index (Phi) is 7.19. The summed E-state index contributed by atoms with van der Waals surface area (Å²) in [6.07, 6.45) is 0. The predicted molar refractivity (Wildman–Crippen MR) is 84.7 cm³/mol. The highest BCUT2D eigenvalue weighted by molar-refractivity contribution is 6.25. The summed E-state index contributed by atoms with van der Waals surface area (Å²) in [5.74, 6) is 1.14. The van der Waals surface area contributed by atoms with Gasteiger partial charge in [0.05, 0.1) is 4.92 Å². The average Bonchev–Trinajstić information content (AvgIpc) is 2.44. The van der Waals surface area contributed by atoms with Crippen molar-refractivity contribution in [3.05, 3.63) is 45.0 Å². The van der Waals surface area contributed by atoms with Crippen LogP contribution in [0.15, 0.2) is 29.3 Å². The molecule has 116 valence electrons. The van der Waals surface area contributed by atoms with Gasteiger partial charge < -0.3 is 10.1 Å². The number of nitro groups is 1. The predicted octanol–water partition coefficient (Wildman–Crippen LogP) is 3.86. The molecule has 0 saturated heterocycles. The quantitative estimate of drug-likeness (QED) is 0.584. The van der Waals surface area contributed by atoms with Crippen molar-refractivity contribution in [2.24, 2.45) is 5.92 Å². The molecule has 0 aliphatic carbocycles. The second-order valence-corrected chi connectivity index (χ2v) is 5.54. The van der Waals surface area contributed by atoms with Crippen LogP contribution < -0.4 is 10.1 Å². The third-order valence-electron chi connectivity index (χ3n) is 2.76. The van der Waals surface area contributed by atoms with E-state index in [1.165, 1.54) is 11.6 Å². The van der Waals surface area contributed by atoms with Gasteiger partial charge in [-0.25, -0.2) is 0 Å². The molecule has 1 aromatic rings. The first kappa shape index (κ1) is 17.5. The lowest BCUT2D eigenvalue weighted by atomic mass is 10.1. The molecule has 21 heavy (non-hydrogen) atoms. The normalized spacial score (nSPS) is 11.8. The number of nitro benzene ring substituents is 1. The minimum atomic E-state index is -0.403. The van der Waals surface area contributed by atoms with Crippen LogP contribution in [0.25, 0.3) is 0 Å². The van der Waals surface area contributed by atoms with E-state index < -0.39 is 4.92 Å². The largest absolute Gasteiger partial charge is 0.489 e. The molecule has 0 aliphatic rings. The molecular weight excluding hydrogens is 292 g/mol. The zero-order chi connectivity index (χ0) is 15.8. The van der Waals surface area contributed by atoms with Crippen molar-refractivity contribution in [1.82, 2.24) is 5.32 Å². The number of halogens is 1. The van der Waals surface area contributed by atoms with Gasteiger partial charge >= 0.3 is 0 Å². The van der Waals surface area contributed by atoms with E-state index >= 15 is 0 Å². The van der Waals surface area contributed by atoms with E-state index in [0.717, 1.165) is 17.7 Å². The topological polar surface area (TPSA) is 64.4 Å². The maximum atomic E-state index is 10.9. The first-order valence-corrected chi connectivity index (χ1v) is 7.24. The molecule has 1 aromatic carbocycles. The Labute approximate surface area is 130 Å². The van der Waals surface area contributed by atoms with E-state index in [4.69, 9.17) is 16.3 Å². The number of non-ortho nitro benzene ring substituents is 1. The highest BCUT2D eigenvalue weighted by Crippen LogP contribution is 2.24. The van der Waals surface area contributed by atoms with Crippen molar-refractivity contribution < 1.29 is 9.66 Å². The molecule has 0 heterocycles. The highest BCUT2D eigenvalue weighted by Gasteiger charge is 2.12. The van der Waals surface area contributed by atoms with Gasteiger partial charge in [-0.2, -0.15) is 0 Å². The van der Waals surface area contributed by atoms with E-state index in [-0.39, 0.29) is 5.69 Å². The van der Waals surface area contributed by atoms with Crippen molar-refractivity contribution in [3.63, 3.8) is 0 Å². The summed E-state index contributed by atoms with van der Waals surface area (Å²) in [6, 6.07) is 4.62. The van der Waals surface area contributed by atoms with Crippen molar-refractivity contribution in [2.75, 3.05) is 13.2 Å². The number of hydrogen-bond acceptors (Lipinski definition) is 4. The Bertz CT molecular complexity index is 516. The van der Waals surface area contributed by atoms with Crippen LogP contribution in [-0.2, 0) is 6.54 Å². The van der Waals surface area contributed by atoms with E-state index in [1.807, 2.05) is 6.92 Å². The summed E-state index contributed by atoms with van der Waals surface area (Å²) in [5, 5.41) is 14.1. The van der Waals surface area contributed by atoms with Crippen LogP contribution in [-0.4, -0.2) is 18.1 Å². The molecule has 0 atom stereocenters. The van der Waals surface area contributed by atoms with Crippen molar-refractivity contribution in [2.45, 2.75) is 27.3 Å². The molecule has 0 fully saturated rings. The lowest BCUT2D eigenvalue weighted by Crippen LogP contribution is -2.19. The second-order valence-electron chi connectivity index (χ2n) is 5.32. The Hall–Kier alpha value is -1.59. The molecule has 0 amide bonds. The van der Waals surface area contributed by atoms with Gasteiger partial charge in [-0.05, 0) is 31.0 Å². The lowest BCUT2D eigenvalue weighted by Gasteiger charge is -2.13. The number of hydrogen-bond donors (Lipinski definition) is 1. The van der Waals surface area contributed by atoms with Crippen molar-refractivity contribution in [3.8, 4) is 5.75 Å². The summed E-state index contributed by atoms with van der Waals surface area (Å²) >= 11 is 5.60. The summed E-state index contributed by atoms with van der Waals surface area (Å²) < 4.78 is 5.67. The number of benzene rings is 1. The zero-order valence-electron chi connectivity index (χ0n) is 12.6. The van der Waals surface area contributed by atoms with Gasteiger partial charge in [0.2, 0.25) is 0 Å². The monoisotopic (exact) mass is 312 g/mol. The van der Waals surface area contributed by atoms with Gasteiger partial charge in [-0.3, -0.25) is 10.1 Å². The molecule has 0 bridgehead atoms. The van der Waals surface area contributed by atoms with E-state index in [1.54, 1.807) is 12.1 Å². The smallest absolute Gasteiger partial charge is 0.270 e. The molecule has 6 heteroatoms. The van der Waals surface area contributed by atoms with Gasteiger partial charge in [0.15, 0.2) is 0 Å². The van der Waals surface area contributed by atoms with Crippen LogP contribution in [0, 0.1) is 16.0 Å². The summed E-state index contributed by atoms with van der Waals surface area (Å²) in [4.78, 5) is 10.5. The average molecular weight is 313 g/mol. The standard InChI is InChI=1S/C15H21ClN2O3/c1-11(2)8-17-9-13-6-14(18(19)20)4-5-15(13)21-10-12(3)7-16/h4-7,11,17H,8-10H2,1-3H3/b12-7+. The van der Waals surface area contributed by atoms with Gasteiger partial charge in [-0.1, -0.05) is 25.4 Å². The minimum absolute atomic E-state index is 0.0632. The third-order valence-corrected chi connectivity index (χ3v) is 3.14. The summed E-state index contributed by atoms with van der Waals surface area (Å²) in [5.41, 5.74) is 3.18. The van der Waals surface area contributed by atoms with Crippen LogP contribution in [0.4, 0.5) is 5.69 Å². The molecule has 0 radical (unpaired) electrons. The molecular formula is C15H21ClN2O3. The highest BCUT2D eigenvalue weighted by atomic mass is 35.5. The molecule has 0 aromatic heterocycles. The molecule has 0 aliphatic heterocycles. The first-order valence-electron chi connectivity index (χ1n) is 6.80. The Morgan fingerprint density at radius 3 is 2.81 bits per heavy atom. The zero-order valence-corrected chi connectivity index (χ0v) is 13.3. The minimum Gasteiger partial charge on any atom is -0.489 e. The van der Waals surface area contributed by atoms with Crippen LogP contribution in [0.1, 0.15) is 26.3 Å². The lowest BCUT2D eigenvalue weighted by molar-refractivity contribution is -0.384. The Morgan fingerprint density at radius 1 is 1.52 bits per heavy atom. The number of rotatable bonds is 8. The maximum absolute atomic E-state index is 10.9. The number of nitrogens with zero attached hydrogens (tertiary/aromatic N) is 1.